The van der Waals surface area contributed by atoms with E-state index in [1.807, 2.05) is 6.07 Å². The molecule has 0 radical (unpaired) electrons. The summed E-state index contributed by atoms with van der Waals surface area (Å²) < 4.78 is 16.1. The monoisotopic (exact) mass is 306 g/mol. The number of para-hydroxylation sites is 1. The molecule has 0 amide bonds. The third kappa shape index (κ3) is 3.22. The molecule has 6 heteroatoms. The van der Waals surface area contributed by atoms with Gasteiger partial charge in [0.1, 0.15) is 11.6 Å². The largest absolute Gasteiger partial charge is 0.303 e. The normalized spacial score (nSPS) is 16.2. The lowest BCUT2D eigenvalue weighted by Gasteiger charge is -2.26. The van der Waals surface area contributed by atoms with Crippen LogP contribution in [0.4, 0.5) is 4.39 Å². The third-order valence-electron chi connectivity index (χ3n) is 3.94. The topological polar surface area (TPSA) is 36.9 Å². The predicted octanol–water partition coefficient (Wildman–Crippen LogP) is 3.10. The molecule has 2 aromatic rings. The van der Waals surface area contributed by atoms with E-state index in [2.05, 4.69) is 15.1 Å². The van der Waals surface area contributed by atoms with Crippen LogP contribution in [0.15, 0.2) is 24.3 Å². The Morgan fingerprint density at radius 3 is 2.71 bits per heavy atom. The summed E-state index contributed by atoms with van der Waals surface area (Å²) in [6.07, 6.45) is 4.62. The minimum absolute atomic E-state index is 0.283. The first kappa shape index (κ1) is 14.4. The maximum atomic E-state index is 14.0. The number of halogens is 1. The van der Waals surface area contributed by atoms with Gasteiger partial charge in [0.05, 0.1) is 5.69 Å². The maximum Gasteiger partial charge on any atom is 0.199 e. The number of aromatic amines is 1. The van der Waals surface area contributed by atoms with Crippen molar-refractivity contribution in [1.82, 2.24) is 19.7 Å². The Morgan fingerprint density at radius 1 is 1.19 bits per heavy atom. The molecule has 1 aromatic carbocycles. The second kappa shape index (κ2) is 6.49. The molecule has 3 rings (SSSR count). The molecule has 1 aliphatic rings. The Balaban J connectivity index is 1.80. The highest BCUT2D eigenvalue weighted by molar-refractivity contribution is 7.71. The van der Waals surface area contributed by atoms with Gasteiger partial charge in [-0.05, 0) is 50.3 Å². The van der Waals surface area contributed by atoms with Gasteiger partial charge in [-0.2, -0.15) is 5.10 Å². The fourth-order valence-corrected chi connectivity index (χ4v) is 3.07. The summed E-state index contributed by atoms with van der Waals surface area (Å²) in [7, 11) is 0. The Hall–Kier alpha value is -1.53. The van der Waals surface area contributed by atoms with Crippen LogP contribution in [0.25, 0.3) is 5.69 Å². The van der Waals surface area contributed by atoms with Crippen molar-refractivity contribution in [2.45, 2.75) is 25.7 Å². The quantitative estimate of drug-likeness (QED) is 0.882. The van der Waals surface area contributed by atoms with E-state index >= 15 is 0 Å². The average Bonchev–Trinajstić information content (AvgIpc) is 2.88. The number of nitrogens with one attached hydrogen (secondary N) is 1. The van der Waals surface area contributed by atoms with Crippen molar-refractivity contribution >= 4 is 12.2 Å². The summed E-state index contributed by atoms with van der Waals surface area (Å²) in [5, 5.41) is 7.05. The van der Waals surface area contributed by atoms with Crippen LogP contribution < -0.4 is 0 Å². The average molecular weight is 306 g/mol. The van der Waals surface area contributed by atoms with Crippen molar-refractivity contribution in [3.05, 3.63) is 40.7 Å². The summed E-state index contributed by atoms with van der Waals surface area (Å²) in [5.41, 5.74) is 0.463. The van der Waals surface area contributed by atoms with Crippen molar-refractivity contribution in [2.75, 3.05) is 19.6 Å². The number of nitrogens with zero attached hydrogens (tertiary/aromatic N) is 3. The minimum Gasteiger partial charge on any atom is -0.303 e. The summed E-state index contributed by atoms with van der Waals surface area (Å²) >= 11 is 5.25. The van der Waals surface area contributed by atoms with Crippen LogP contribution in [0.1, 0.15) is 25.1 Å². The molecule has 1 aromatic heterocycles. The highest BCUT2D eigenvalue weighted by atomic mass is 32.1. The minimum atomic E-state index is -0.283. The van der Waals surface area contributed by atoms with Crippen LogP contribution >= 0.6 is 12.2 Å². The SMILES string of the molecule is Fc1ccccc1-n1c(CCN2CCCCC2)n[nH]c1=S. The van der Waals surface area contributed by atoms with E-state index in [1.54, 1.807) is 16.7 Å². The lowest BCUT2D eigenvalue weighted by molar-refractivity contribution is 0.230. The highest BCUT2D eigenvalue weighted by Gasteiger charge is 2.14. The van der Waals surface area contributed by atoms with E-state index in [-0.39, 0.29) is 5.82 Å². The Bertz CT molecular complexity index is 658. The van der Waals surface area contributed by atoms with Gasteiger partial charge in [0.2, 0.25) is 0 Å². The lowest BCUT2D eigenvalue weighted by atomic mass is 10.1. The molecule has 0 spiro atoms. The van der Waals surface area contributed by atoms with Gasteiger partial charge in [-0.15, -0.1) is 0 Å². The van der Waals surface area contributed by atoms with Crippen molar-refractivity contribution in [1.29, 1.82) is 0 Å². The van der Waals surface area contributed by atoms with Gasteiger partial charge in [-0.25, -0.2) is 4.39 Å². The Kier molecular flexibility index (Phi) is 4.45. The number of aromatic nitrogens is 3. The Labute approximate surface area is 128 Å². The predicted molar refractivity (Wildman–Crippen MR) is 82.7 cm³/mol. The van der Waals surface area contributed by atoms with Gasteiger partial charge in [-0.1, -0.05) is 18.6 Å². The van der Waals surface area contributed by atoms with E-state index in [1.165, 1.54) is 25.3 Å². The van der Waals surface area contributed by atoms with E-state index in [4.69, 9.17) is 12.2 Å². The molecule has 1 aliphatic heterocycles. The molecule has 1 N–H and O–H groups in total. The van der Waals surface area contributed by atoms with E-state index in [0.29, 0.717) is 10.5 Å². The molecular weight excluding hydrogens is 287 g/mol. The summed E-state index contributed by atoms with van der Waals surface area (Å²) in [6.45, 7) is 3.23. The number of hydrogen-bond donors (Lipinski definition) is 1. The molecule has 2 heterocycles. The molecule has 0 aliphatic carbocycles. The van der Waals surface area contributed by atoms with Crippen LogP contribution in [-0.2, 0) is 6.42 Å². The van der Waals surface area contributed by atoms with Gasteiger partial charge < -0.3 is 4.90 Å². The zero-order chi connectivity index (χ0) is 14.7. The third-order valence-corrected chi connectivity index (χ3v) is 4.21. The zero-order valence-electron chi connectivity index (χ0n) is 11.9. The van der Waals surface area contributed by atoms with Crippen molar-refractivity contribution < 1.29 is 4.39 Å². The zero-order valence-corrected chi connectivity index (χ0v) is 12.7. The maximum absolute atomic E-state index is 14.0. The molecule has 0 saturated carbocycles. The molecule has 21 heavy (non-hydrogen) atoms. The molecule has 112 valence electrons. The van der Waals surface area contributed by atoms with Gasteiger partial charge in [0.15, 0.2) is 4.77 Å². The first-order valence-corrected chi connectivity index (χ1v) is 7.80. The fraction of sp³-hybridized carbons (Fsp3) is 0.467. The van der Waals surface area contributed by atoms with Crippen LogP contribution in [-0.4, -0.2) is 39.3 Å². The molecule has 0 bridgehead atoms. The van der Waals surface area contributed by atoms with Crippen molar-refractivity contribution in [3.63, 3.8) is 0 Å². The number of hydrogen-bond acceptors (Lipinski definition) is 3. The van der Waals surface area contributed by atoms with Crippen molar-refractivity contribution in [3.8, 4) is 5.69 Å². The number of benzene rings is 1. The molecule has 1 saturated heterocycles. The van der Waals surface area contributed by atoms with Gasteiger partial charge in [0, 0.05) is 13.0 Å². The lowest BCUT2D eigenvalue weighted by Crippen LogP contribution is -2.32. The van der Waals surface area contributed by atoms with Crippen LogP contribution in [0.2, 0.25) is 0 Å². The van der Waals surface area contributed by atoms with Gasteiger partial charge in [-0.3, -0.25) is 9.67 Å². The molecule has 0 atom stereocenters. The molecule has 1 fully saturated rings. The van der Waals surface area contributed by atoms with E-state index in [0.717, 1.165) is 31.9 Å². The van der Waals surface area contributed by atoms with Crippen LogP contribution in [0.5, 0.6) is 0 Å². The smallest absolute Gasteiger partial charge is 0.199 e. The number of piperidine rings is 1. The molecule has 0 unspecified atom stereocenters. The fourth-order valence-electron chi connectivity index (χ4n) is 2.82. The van der Waals surface area contributed by atoms with Crippen molar-refractivity contribution in [2.24, 2.45) is 0 Å². The van der Waals surface area contributed by atoms with Gasteiger partial charge in [0.25, 0.3) is 0 Å². The van der Waals surface area contributed by atoms with E-state index in [9.17, 15) is 4.39 Å². The summed E-state index contributed by atoms with van der Waals surface area (Å²) in [6, 6.07) is 6.65. The second-order valence-electron chi connectivity index (χ2n) is 5.38. The summed E-state index contributed by atoms with van der Waals surface area (Å²) in [5.74, 6) is 0.505. The number of H-pyrrole nitrogens is 1. The van der Waals surface area contributed by atoms with E-state index < -0.39 is 0 Å². The molecule has 4 nitrogen and oxygen atoms in total. The summed E-state index contributed by atoms with van der Waals surface area (Å²) in [4.78, 5) is 2.44. The first-order valence-electron chi connectivity index (χ1n) is 7.39. The first-order chi connectivity index (χ1) is 10.3. The van der Waals surface area contributed by atoms with Crippen LogP contribution in [0.3, 0.4) is 0 Å². The second-order valence-corrected chi connectivity index (χ2v) is 5.77. The number of rotatable bonds is 4. The van der Waals surface area contributed by atoms with Gasteiger partial charge >= 0.3 is 0 Å². The Morgan fingerprint density at radius 2 is 1.95 bits per heavy atom. The highest BCUT2D eigenvalue weighted by Crippen LogP contribution is 2.16. The number of likely N-dealkylation sites (tertiary alicyclic amines) is 1. The van der Waals surface area contributed by atoms with Crippen LogP contribution in [0, 0.1) is 10.6 Å². The standard InChI is InChI=1S/C15H19FN4S/c16-12-6-2-3-7-13(12)20-14(17-18-15(20)21)8-11-19-9-4-1-5-10-19/h2-3,6-7H,1,4-5,8-11H2,(H,18,21). The molecular formula is C15H19FN4S.